The summed E-state index contributed by atoms with van der Waals surface area (Å²) in [7, 11) is 11.7. The molecule has 1 spiro atoms. The second-order valence-electron chi connectivity index (χ2n) is 32.2. The van der Waals surface area contributed by atoms with E-state index in [9.17, 15) is 19.2 Å². The Labute approximate surface area is 620 Å². The van der Waals surface area contributed by atoms with Crippen LogP contribution in [0.4, 0.5) is 8.78 Å². The molecule has 12 atom stereocenters. The number of ether oxygens (including phenoxy) is 1. The number of hydrogen-bond donors (Lipinski definition) is 3. The van der Waals surface area contributed by atoms with E-state index < -0.39 is 186 Å². The van der Waals surface area contributed by atoms with Crippen LogP contribution in [0.15, 0.2) is 12.2 Å². The number of alkyl halides is 3. The van der Waals surface area contributed by atoms with E-state index in [1.54, 1.807) is 19.9 Å². The number of carbonyl (C=O) groups excluding carboxylic acids is 12. The van der Waals surface area contributed by atoms with E-state index in [0.29, 0.717) is 38.0 Å². The van der Waals surface area contributed by atoms with Crippen molar-refractivity contribution in [3.63, 3.8) is 0 Å². The molecule has 0 radical (unpaired) electrons. The number of hydrogen-bond acceptors (Lipinski definition) is 13. The van der Waals surface area contributed by atoms with Crippen molar-refractivity contribution in [3.8, 4) is 0 Å². The zero-order valence-electron chi connectivity index (χ0n) is 63.9. The van der Waals surface area contributed by atoms with Gasteiger partial charge in [-0.25, -0.2) is 8.78 Å². The van der Waals surface area contributed by atoms with E-state index in [-0.39, 0.29) is 95.7 Å². The Balaban J connectivity index is 1.19. The lowest BCUT2D eigenvalue weighted by Crippen LogP contribution is -2.68. The van der Waals surface area contributed by atoms with Crippen LogP contribution in [-0.4, -0.2) is 282 Å². The van der Waals surface area contributed by atoms with Crippen molar-refractivity contribution in [1.29, 1.82) is 0 Å². The number of nitrogens with zero attached hydrogens (tertiary/aromatic N) is 9. The molecule has 0 aromatic rings. The lowest BCUT2D eigenvalue weighted by Gasteiger charge is -2.46. The summed E-state index contributed by atoms with van der Waals surface area (Å²) in [6.07, 6.45) is 10.3. The Morgan fingerprint density at radius 2 is 1.26 bits per heavy atom. The van der Waals surface area contributed by atoms with Gasteiger partial charge in [-0.05, 0) is 126 Å². The monoisotopic (exact) mass is 1480 g/mol. The average Bonchev–Trinajstić information content (AvgIpc) is 1.18. The van der Waals surface area contributed by atoms with Crippen LogP contribution in [0, 0.1) is 35.5 Å². The Kier molecular flexibility index (Phi) is 29.9. The van der Waals surface area contributed by atoms with Gasteiger partial charge in [0.2, 0.25) is 70.9 Å². The first-order valence-electron chi connectivity index (χ1n) is 38.8. The highest BCUT2D eigenvalue weighted by Crippen LogP contribution is 2.41. The third-order valence-corrected chi connectivity index (χ3v) is 25.1. The highest BCUT2D eigenvalue weighted by atomic mass is 35.5. The SMILES string of the molecule is CCO[C@@H]1C[C@H]2C(=O)NC3(CCC3)C(=O)N(C)[C@@H](C3CCCC3)C(=O)N(C)[C@H](C(=O)N(C)C)CC(=O)N(C)[C@@H](CC3CCCC3)C(=O)N[C@@H]([C@@H](C)CC)C(=O)N(C)CC(=O)N(C)[C@H]3C/C=C\CCN(C3=O)[C@@H](CC3CCC(C)CC3)C(=O)N(C)CC(=O)N[C@@H](CCC3CC(F)C(Cl)C(F)C3)C(=O)N2C1. The van der Waals surface area contributed by atoms with Crippen LogP contribution < -0.4 is 16.0 Å². The van der Waals surface area contributed by atoms with E-state index in [0.717, 1.165) is 64.2 Å². The molecule has 104 heavy (non-hydrogen) atoms. The van der Waals surface area contributed by atoms with Gasteiger partial charge in [0.05, 0.1) is 31.0 Å². The summed E-state index contributed by atoms with van der Waals surface area (Å²) < 4.78 is 36.7. The van der Waals surface area contributed by atoms with Crippen LogP contribution in [0.2, 0.25) is 0 Å². The predicted octanol–water partition coefficient (Wildman–Crippen LogP) is 5.77. The molecule has 3 aliphatic heterocycles. The van der Waals surface area contributed by atoms with E-state index in [1.807, 2.05) is 13.0 Å². The second-order valence-corrected chi connectivity index (χ2v) is 32.7. The number of halogens is 3. The molecular formula is C76H121ClF2N12O13. The van der Waals surface area contributed by atoms with E-state index in [4.69, 9.17) is 16.3 Å². The lowest BCUT2D eigenvalue weighted by atomic mass is 9.74. The molecule has 12 amide bonds. The molecule has 2 bridgehead atoms. The van der Waals surface area contributed by atoms with Crippen LogP contribution in [0.25, 0.3) is 0 Å². The standard InChI is InChI=1S/C76H121ClF2N12O13/c1-13-47(4)65-73(101)85(8)45-63(94)86(9)56-27-16-15-21-36-90(72(56)100)60(40-49-30-28-46(3)29-31-49)71(99)84(7)44-61(92)80-55(33-32-50-37-53(78)64(77)54(79)38-50)69(97)91-43-52(104-14-2)41-58(91)68(96)82-76(34-22-35-76)75(103)89(12)66(51-25-19-20-26-51)74(102)88(11)59(70(98)83(5)6)42-62(93)87(10)57(67(95)81-65)39-48-23-17-18-24-48/h15-16,46-60,64-66H,13-14,17-45H2,1-12H3,(H,80,92)(H,81,95)(H,82,96)/b16-15-/t46?,47-,49?,50?,52+,53?,54?,55-,56-,57-,58-,59-,60-,64?,65-,66-/m0/s1. The van der Waals surface area contributed by atoms with E-state index >= 15 is 47.1 Å². The van der Waals surface area contributed by atoms with Crippen molar-refractivity contribution in [3.05, 3.63) is 12.2 Å². The van der Waals surface area contributed by atoms with Gasteiger partial charge in [0.25, 0.3) is 0 Å². The lowest BCUT2D eigenvalue weighted by molar-refractivity contribution is -0.158. The number of carbonyl (C=O) groups is 12. The Morgan fingerprint density at radius 3 is 1.87 bits per heavy atom. The number of amides is 12. The molecule has 28 heteroatoms. The number of nitrogens with one attached hydrogen (secondary N) is 3. The third kappa shape index (κ3) is 20.0. The smallest absolute Gasteiger partial charge is 0.248 e. The molecule has 5 aliphatic carbocycles. The Morgan fingerprint density at radius 1 is 0.644 bits per heavy atom. The first-order chi connectivity index (χ1) is 49.3. The van der Waals surface area contributed by atoms with Crippen LogP contribution in [-0.2, 0) is 62.3 Å². The Hall–Kier alpha value is -6.51. The average molecular weight is 1480 g/mol. The zero-order valence-corrected chi connectivity index (χ0v) is 64.7. The Bertz CT molecular complexity index is 3080. The molecule has 8 aliphatic rings. The van der Waals surface area contributed by atoms with Crippen LogP contribution in [0.1, 0.15) is 195 Å². The molecule has 584 valence electrons. The summed E-state index contributed by atoms with van der Waals surface area (Å²) in [6.45, 7) is 6.64. The van der Waals surface area contributed by atoms with Crippen molar-refractivity contribution in [2.75, 3.05) is 89.2 Å². The summed E-state index contributed by atoms with van der Waals surface area (Å²) in [5.41, 5.74) is -1.56. The zero-order chi connectivity index (χ0) is 76.2. The fourth-order valence-electron chi connectivity index (χ4n) is 17.5. The fourth-order valence-corrected chi connectivity index (χ4v) is 17.7. The predicted molar refractivity (Wildman–Crippen MR) is 388 cm³/mol. The van der Waals surface area contributed by atoms with Gasteiger partial charge < -0.3 is 64.8 Å². The third-order valence-electron chi connectivity index (χ3n) is 24.6. The molecular weight excluding hydrogens is 1360 g/mol. The summed E-state index contributed by atoms with van der Waals surface area (Å²) in [4.78, 5) is 194. The molecule has 8 rings (SSSR count). The van der Waals surface area contributed by atoms with Gasteiger partial charge in [-0.3, -0.25) is 57.5 Å². The highest BCUT2D eigenvalue weighted by Gasteiger charge is 2.54. The molecule has 25 nitrogen and oxygen atoms in total. The first kappa shape index (κ1) is 83.1. The maximum absolute atomic E-state index is 15.6. The molecule has 7 fully saturated rings. The van der Waals surface area contributed by atoms with Crippen molar-refractivity contribution in [2.24, 2.45) is 35.5 Å². The normalized spacial score (nSPS) is 33.3. The highest BCUT2D eigenvalue weighted by molar-refractivity contribution is 6.21. The molecule has 2 saturated heterocycles. The minimum absolute atomic E-state index is 0.0106. The molecule has 0 aromatic carbocycles. The maximum Gasteiger partial charge on any atom is 0.248 e. The van der Waals surface area contributed by atoms with Crippen LogP contribution in [0.5, 0.6) is 0 Å². The van der Waals surface area contributed by atoms with Gasteiger partial charge in [0.15, 0.2) is 0 Å². The molecule has 3 N–H and O–H groups in total. The van der Waals surface area contributed by atoms with Crippen molar-refractivity contribution in [2.45, 2.75) is 272 Å². The van der Waals surface area contributed by atoms with Crippen molar-refractivity contribution >= 4 is 82.5 Å². The number of rotatable bonds is 13. The largest absolute Gasteiger partial charge is 0.377 e. The van der Waals surface area contributed by atoms with E-state index in [2.05, 4.69) is 22.9 Å². The van der Waals surface area contributed by atoms with E-state index in [1.165, 1.54) is 100 Å². The number of fused-ring (bicyclic) bond motifs is 3. The quantitative estimate of drug-likeness (QED) is 0.146. The number of likely N-dealkylation sites (N-methyl/N-ethyl adjacent to an activating group) is 7. The summed E-state index contributed by atoms with van der Waals surface area (Å²) >= 11 is 6.12. The minimum atomic E-state index is -1.68. The maximum atomic E-state index is 15.6. The molecule has 2 unspecified atom stereocenters. The van der Waals surface area contributed by atoms with Gasteiger partial charge in [0, 0.05) is 82.5 Å². The topological polar surface area (TPSA) is 279 Å². The van der Waals surface area contributed by atoms with Gasteiger partial charge in [-0.15, -0.1) is 11.6 Å². The molecule has 0 aromatic heterocycles. The minimum Gasteiger partial charge on any atom is -0.377 e. The second kappa shape index (κ2) is 37.3. The van der Waals surface area contributed by atoms with Gasteiger partial charge >= 0.3 is 0 Å². The van der Waals surface area contributed by atoms with Crippen LogP contribution >= 0.6 is 11.6 Å². The fraction of sp³-hybridized carbons (Fsp3) is 0.816. The van der Waals surface area contributed by atoms with Crippen molar-refractivity contribution in [1.82, 2.24) is 60.0 Å². The molecule has 3 heterocycles. The van der Waals surface area contributed by atoms with Crippen LogP contribution in [0.3, 0.4) is 0 Å². The van der Waals surface area contributed by atoms with Gasteiger partial charge in [-0.1, -0.05) is 104 Å². The van der Waals surface area contributed by atoms with Gasteiger partial charge in [-0.2, -0.15) is 0 Å². The first-order valence-corrected chi connectivity index (χ1v) is 39.2. The van der Waals surface area contributed by atoms with Gasteiger partial charge in [0.1, 0.15) is 66.2 Å². The summed E-state index contributed by atoms with van der Waals surface area (Å²) in [5.74, 6) is -8.53. The summed E-state index contributed by atoms with van der Waals surface area (Å²) in [5, 5.41) is 7.54. The molecule has 5 saturated carbocycles. The summed E-state index contributed by atoms with van der Waals surface area (Å²) in [6, 6.07) is -9.90. The van der Waals surface area contributed by atoms with Crippen molar-refractivity contribution < 1.29 is 71.1 Å².